The smallest absolute Gasteiger partial charge is 0.196 e. The number of hydrogen-bond donors (Lipinski definition) is 0. The summed E-state index contributed by atoms with van der Waals surface area (Å²) in [7, 11) is 1.55. The number of aryl methyl sites for hydroxylation is 2. The lowest BCUT2D eigenvalue weighted by molar-refractivity contribution is 0.102. The quantitative estimate of drug-likeness (QED) is 0.551. The first-order valence-corrected chi connectivity index (χ1v) is 5.64. The normalized spacial score (nSPS) is 17.4. The maximum Gasteiger partial charge on any atom is 0.196 e. The van der Waals surface area contributed by atoms with Crippen LogP contribution in [0.1, 0.15) is 27.9 Å². The molecule has 0 radical (unpaired) electrons. The summed E-state index contributed by atoms with van der Waals surface area (Å²) in [5, 5.41) is 0. The zero-order valence-electron chi connectivity index (χ0n) is 10.4. The van der Waals surface area contributed by atoms with Crippen LogP contribution in [0, 0.1) is 13.8 Å². The van der Waals surface area contributed by atoms with Crippen molar-refractivity contribution < 1.29 is 14.3 Å². The van der Waals surface area contributed by atoms with Crippen LogP contribution in [0.2, 0.25) is 0 Å². The first kappa shape index (κ1) is 11.7. The van der Waals surface area contributed by atoms with E-state index in [9.17, 15) is 4.79 Å². The van der Waals surface area contributed by atoms with Crippen LogP contribution >= 0.6 is 0 Å². The minimum atomic E-state index is 0.0144. The maximum absolute atomic E-state index is 12.4. The Morgan fingerprint density at radius 2 is 2.00 bits per heavy atom. The molecule has 90 valence electrons. The van der Waals surface area contributed by atoms with Gasteiger partial charge in [0.2, 0.25) is 0 Å². The van der Waals surface area contributed by atoms with E-state index < -0.39 is 0 Å². The lowest BCUT2D eigenvalue weighted by Crippen LogP contribution is -2.05. The highest BCUT2D eigenvalue weighted by molar-refractivity contribution is 6.11. The number of benzene rings is 1. The number of rotatable bonds is 1. The lowest BCUT2D eigenvalue weighted by Gasteiger charge is -2.11. The summed E-state index contributed by atoms with van der Waals surface area (Å²) in [6.07, 6.45) is 2.10. The number of ether oxygens (including phenoxy) is 2. The Hall–Kier alpha value is -1.77. The van der Waals surface area contributed by atoms with Gasteiger partial charge in [-0.3, -0.25) is 4.79 Å². The predicted molar refractivity (Wildman–Crippen MR) is 65.5 cm³/mol. The largest absolute Gasteiger partial charge is 0.504 e. The minimum Gasteiger partial charge on any atom is -0.504 e. The van der Waals surface area contributed by atoms with Gasteiger partial charge in [0.05, 0.1) is 25.5 Å². The molecule has 1 aliphatic heterocycles. The molecule has 2 rings (SSSR count). The highest BCUT2D eigenvalue weighted by atomic mass is 16.5. The van der Waals surface area contributed by atoms with Gasteiger partial charge in [-0.25, -0.2) is 0 Å². The Morgan fingerprint density at radius 1 is 1.29 bits per heavy atom. The van der Waals surface area contributed by atoms with Crippen molar-refractivity contribution in [2.75, 3.05) is 13.7 Å². The second-order valence-electron chi connectivity index (χ2n) is 4.21. The molecule has 0 atom stereocenters. The topological polar surface area (TPSA) is 35.5 Å². The van der Waals surface area contributed by atoms with E-state index in [-0.39, 0.29) is 5.78 Å². The molecular formula is C14H16O3. The van der Waals surface area contributed by atoms with Crippen LogP contribution in [-0.2, 0) is 4.74 Å². The number of Topliss-reactive ketones (excluding diaryl/α,β-unsaturated/α-hetero) is 1. The number of fused-ring (bicyclic) bond motifs is 1. The molecule has 0 bridgehead atoms. The molecule has 1 aromatic rings. The molecule has 0 aliphatic carbocycles. The summed E-state index contributed by atoms with van der Waals surface area (Å²) >= 11 is 0. The molecule has 0 unspecified atom stereocenters. The summed E-state index contributed by atoms with van der Waals surface area (Å²) < 4.78 is 10.6. The van der Waals surface area contributed by atoms with Crippen LogP contribution in [0.5, 0.6) is 5.75 Å². The van der Waals surface area contributed by atoms with Gasteiger partial charge in [-0.05, 0) is 25.0 Å². The molecule has 1 heterocycles. The van der Waals surface area contributed by atoms with Gasteiger partial charge in [0.15, 0.2) is 5.78 Å². The number of hydrogen-bond acceptors (Lipinski definition) is 3. The van der Waals surface area contributed by atoms with Crippen LogP contribution in [0.25, 0.3) is 0 Å². The molecule has 1 aromatic carbocycles. The molecule has 0 aromatic heterocycles. The molecule has 0 spiro atoms. The van der Waals surface area contributed by atoms with E-state index in [0.717, 1.165) is 16.9 Å². The van der Waals surface area contributed by atoms with Gasteiger partial charge in [-0.2, -0.15) is 0 Å². The van der Waals surface area contributed by atoms with Crippen LogP contribution in [-0.4, -0.2) is 19.5 Å². The minimum absolute atomic E-state index is 0.0144. The molecule has 0 saturated heterocycles. The summed E-state index contributed by atoms with van der Waals surface area (Å²) in [6.45, 7) is 4.39. The van der Waals surface area contributed by atoms with Gasteiger partial charge in [0.1, 0.15) is 5.75 Å². The Kier molecular flexibility index (Phi) is 3.18. The van der Waals surface area contributed by atoms with Crippen LogP contribution in [0.4, 0.5) is 0 Å². The van der Waals surface area contributed by atoms with Crippen molar-refractivity contribution in [2.24, 2.45) is 0 Å². The molecule has 3 heteroatoms. The van der Waals surface area contributed by atoms with Gasteiger partial charge in [-0.15, -0.1) is 0 Å². The third-order valence-electron chi connectivity index (χ3n) is 2.96. The predicted octanol–water partition coefficient (Wildman–Crippen LogP) is 2.80. The fraction of sp³-hybridized carbons (Fsp3) is 0.357. The fourth-order valence-corrected chi connectivity index (χ4v) is 2.05. The molecular weight excluding hydrogens is 216 g/mol. The van der Waals surface area contributed by atoms with E-state index in [1.54, 1.807) is 7.11 Å². The average Bonchev–Trinajstić information content (AvgIpc) is 2.46. The van der Waals surface area contributed by atoms with Crippen LogP contribution < -0.4 is 4.74 Å². The summed E-state index contributed by atoms with van der Waals surface area (Å²) in [4.78, 5) is 12.4. The molecule has 0 saturated carbocycles. The Balaban J connectivity index is 2.59. The van der Waals surface area contributed by atoms with Gasteiger partial charge in [-0.1, -0.05) is 12.1 Å². The van der Waals surface area contributed by atoms with Crippen molar-refractivity contribution in [1.82, 2.24) is 0 Å². The first-order valence-electron chi connectivity index (χ1n) is 5.64. The van der Waals surface area contributed by atoms with E-state index in [2.05, 4.69) is 0 Å². The van der Waals surface area contributed by atoms with Gasteiger partial charge < -0.3 is 9.47 Å². The summed E-state index contributed by atoms with van der Waals surface area (Å²) in [5.74, 6) is 0.732. The molecule has 1 aliphatic rings. The van der Waals surface area contributed by atoms with Crippen molar-refractivity contribution in [3.8, 4) is 5.75 Å². The number of methoxy groups -OCH3 is 1. The SMILES string of the molecule is CO/C=C1/CCOc2c(C)ccc(C)c2C1=O. The third kappa shape index (κ3) is 2.05. The molecule has 3 nitrogen and oxygen atoms in total. The van der Waals surface area contributed by atoms with Crippen molar-refractivity contribution in [3.63, 3.8) is 0 Å². The van der Waals surface area contributed by atoms with Crippen molar-refractivity contribution >= 4 is 5.78 Å². The number of ketones is 1. The second kappa shape index (κ2) is 4.62. The van der Waals surface area contributed by atoms with Gasteiger partial charge in [0, 0.05) is 12.0 Å². The average molecular weight is 232 g/mol. The first-order chi connectivity index (χ1) is 8.15. The maximum atomic E-state index is 12.4. The Bertz CT molecular complexity index is 486. The van der Waals surface area contributed by atoms with E-state index in [1.807, 2.05) is 26.0 Å². The fourth-order valence-electron chi connectivity index (χ4n) is 2.05. The van der Waals surface area contributed by atoms with Gasteiger partial charge >= 0.3 is 0 Å². The summed E-state index contributed by atoms with van der Waals surface area (Å²) in [6, 6.07) is 3.93. The Labute approximate surface area is 101 Å². The monoisotopic (exact) mass is 232 g/mol. The van der Waals surface area contributed by atoms with Gasteiger partial charge in [0.25, 0.3) is 0 Å². The number of carbonyl (C=O) groups excluding carboxylic acids is 1. The standard InChI is InChI=1S/C14H16O3/c1-9-4-5-10(2)14-12(9)13(15)11(8-16-3)6-7-17-14/h4-5,8H,6-7H2,1-3H3/b11-8-. The molecule has 17 heavy (non-hydrogen) atoms. The zero-order chi connectivity index (χ0) is 12.4. The van der Waals surface area contributed by atoms with Crippen molar-refractivity contribution in [1.29, 1.82) is 0 Å². The van der Waals surface area contributed by atoms with E-state index >= 15 is 0 Å². The van der Waals surface area contributed by atoms with E-state index in [0.29, 0.717) is 24.2 Å². The van der Waals surface area contributed by atoms with Crippen LogP contribution in [0.15, 0.2) is 24.0 Å². The molecule has 0 N–H and O–H groups in total. The zero-order valence-corrected chi connectivity index (χ0v) is 10.4. The van der Waals surface area contributed by atoms with Crippen molar-refractivity contribution in [3.05, 3.63) is 40.7 Å². The second-order valence-corrected chi connectivity index (χ2v) is 4.21. The third-order valence-corrected chi connectivity index (χ3v) is 2.96. The molecule has 0 amide bonds. The van der Waals surface area contributed by atoms with Crippen molar-refractivity contribution in [2.45, 2.75) is 20.3 Å². The summed E-state index contributed by atoms with van der Waals surface area (Å²) in [5.41, 5.74) is 3.28. The van der Waals surface area contributed by atoms with Crippen LogP contribution in [0.3, 0.4) is 0 Å². The number of carbonyl (C=O) groups is 1. The van der Waals surface area contributed by atoms with E-state index in [4.69, 9.17) is 9.47 Å². The highest BCUT2D eigenvalue weighted by Gasteiger charge is 2.24. The molecule has 0 fully saturated rings. The Morgan fingerprint density at radius 3 is 2.71 bits per heavy atom. The highest BCUT2D eigenvalue weighted by Crippen LogP contribution is 2.32. The van der Waals surface area contributed by atoms with E-state index in [1.165, 1.54) is 6.26 Å². The lowest BCUT2D eigenvalue weighted by atomic mass is 9.96.